The van der Waals surface area contributed by atoms with Crippen LogP contribution in [0.25, 0.3) is 11.1 Å². The zero-order chi connectivity index (χ0) is 11.2. The highest BCUT2D eigenvalue weighted by molar-refractivity contribution is 5.67. The maximum Gasteiger partial charge on any atom is 0.0719 e. The van der Waals surface area contributed by atoms with Crippen molar-refractivity contribution in [2.45, 2.75) is 6.42 Å². The van der Waals surface area contributed by atoms with Gasteiger partial charge < -0.3 is 4.84 Å². The highest BCUT2D eigenvalue weighted by Gasteiger charge is 2.03. The molecule has 0 bridgehead atoms. The largest absolute Gasteiger partial charge is 0.304 e. The molecule has 0 saturated carbocycles. The third-order valence-corrected chi connectivity index (χ3v) is 2.59. The normalized spacial score (nSPS) is 10.3. The first-order chi connectivity index (χ1) is 7.92. The molecule has 0 aliphatic carbocycles. The minimum Gasteiger partial charge on any atom is -0.304 e. The van der Waals surface area contributed by atoms with Gasteiger partial charge in [0, 0.05) is 0 Å². The molecule has 2 rings (SSSR count). The predicted octanol–water partition coefficient (Wildman–Crippen LogP) is 2.79. The van der Waals surface area contributed by atoms with E-state index in [0.717, 1.165) is 6.42 Å². The second kappa shape index (κ2) is 5.45. The molecule has 0 heterocycles. The van der Waals surface area contributed by atoms with E-state index in [9.17, 15) is 0 Å². The molecule has 0 aliphatic heterocycles. The van der Waals surface area contributed by atoms with Crippen LogP contribution in [0.2, 0.25) is 0 Å². The third-order valence-electron chi connectivity index (χ3n) is 2.59. The van der Waals surface area contributed by atoms with Crippen LogP contribution in [-0.2, 0) is 11.3 Å². The number of hydrogen-bond acceptors (Lipinski definition) is 2. The van der Waals surface area contributed by atoms with E-state index < -0.39 is 0 Å². The van der Waals surface area contributed by atoms with E-state index in [2.05, 4.69) is 35.2 Å². The Morgan fingerprint density at radius 1 is 0.875 bits per heavy atom. The minimum atomic E-state index is 0.545. The highest BCUT2D eigenvalue weighted by atomic mass is 16.6. The van der Waals surface area contributed by atoms with Crippen LogP contribution in [-0.4, -0.2) is 6.61 Å². The molecule has 0 saturated heterocycles. The average Bonchev–Trinajstić information content (AvgIpc) is 2.38. The average molecular weight is 213 g/mol. The van der Waals surface area contributed by atoms with Gasteiger partial charge in [-0.2, -0.15) is 0 Å². The fourth-order valence-corrected chi connectivity index (χ4v) is 1.81. The maximum absolute atomic E-state index is 5.07. The Morgan fingerprint density at radius 2 is 1.56 bits per heavy atom. The van der Waals surface area contributed by atoms with E-state index in [0.29, 0.717) is 6.61 Å². The van der Waals surface area contributed by atoms with Crippen LogP contribution in [0.4, 0.5) is 0 Å². The molecule has 2 N–H and O–H groups in total. The molecule has 2 heteroatoms. The Balaban J connectivity index is 2.33. The number of hydrogen-bond donors (Lipinski definition) is 1. The van der Waals surface area contributed by atoms with Gasteiger partial charge in [0.25, 0.3) is 0 Å². The fourth-order valence-electron chi connectivity index (χ4n) is 1.81. The van der Waals surface area contributed by atoms with Crippen LogP contribution in [0.5, 0.6) is 0 Å². The Morgan fingerprint density at radius 3 is 2.31 bits per heavy atom. The van der Waals surface area contributed by atoms with Crippen molar-refractivity contribution in [2.75, 3.05) is 6.61 Å². The van der Waals surface area contributed by atoms with Crippen LogP contribution in [0.1, 0.15) is 5.56 Å². The lowest BCUT2D eigenvalue weighted by Crippen LogP contribution is -2.04. The predicted molar refractivity (Wildman–Crippen MR) is 65.7 cm³/mol. The summed E-state index contributed by atoms with van der Waals surface area (Å²) in [6.45, 7) is 0.545. The molecule has 16 heavy (non-hydrogen) atoms. The number of benzene rings is 2. The van der Waals surface area contributed by atoms with Crippen molar-refractivity contribution >= 4 is 0 Å². The Hall–Kier alpha value is -1.64. The van der Waals surface area contributed by atoms with Crippen molar-refractivity contribution in [3.8, 4) is 11.1 Å². The van der Waals surface area contributed by atoms with Gasteiger partial charge in [-0.25, -0.2) is 5.90 Å². The van der Waals surface area contributed by atoms with Crippen LogP contribution in [0.15, 0.2) is 54.6 Å². The first-order valence-electron chi connectivity index (χ1n) is 5.37. The summed E-state index contributed by atoms with van der Waals surface area (Å²) < 4.78 is 0. The van der Waals surface area contributed by atoms with Crippen molar-refractivity contribution in [1.82, 2.24) is 0 Å². The molecule has 0 fully saturated rings. The van der Waals surface area contributed by atoms with Gasteiger partial charge >= 0.3 is 0 Å². The van der Waals surface area contributed by atoms with Crippen LogP contribution in [0.3, 0.4) is 0 Å². The van der Waals surface area contributed by atoms with Crippen LogP contribution in [0, 0.1) is 0 Å². The van der Waals surface area contributed by atoms with E-state index in [1.807, 2.05) is 24.3 Å². The van der Waals surface area contributed by atoms with Crippen molar-refractivity contribution in [1.29, 1.82) is 0 Å². The monoisotopic (exact) mass is 213 g/mol. The number of nitrogens with two attached hydrogens (primary N) is 1. The zero-order valence-corrected chi connectivity index (χ0v) is 9.10. The van der Waals surface area contributed by atoms with Gasteiger partial charge in [-0.3, -0.25) is 0 Å². The highest BCUT2D eigenvalue weighted by Crippen LogP contribution is 2.23. The molecular formula is C14H15NO. The Kier molecular flexibility index (Phi) is 3.70. The standard InChI is InChI=1S/C14H15NO/c15-16-11-10-13-8-4-5-9-14(13)12-6-2-1-3-7-12/h1-9H,10-11,15H2. The summed E-state index contributed by atoms with van der Waals surface area (Å²) in [5, 5.41) is 0. The molecular weight excluding hydrogens is 198 g/mol. The van der Waals surface area contributed by atoms with Gasteiger partial charge in [0.2, 0.25) is 0 Å². The van der Waals surface area contributed by atoms with Crippen molar-refractivity contribution in [2.24, 2.45) is 5.90 Å². The molecule has 0 aromatic heterocycles. The molecule has 2 aromatic rings. The lowest BCUT2D eigenvalue weighted by Gasteiger charge is -2.08. The van der Waals surface area contributed by atoms with Crippen molar-refractivity contribution < 1.29 is 4.84 Å². The topological polar surface area (TPSA) is 35.2 Å². The fraction of sp³-hybridized carbons (Fsp3) is 0.143. The summed E-state index contributed by atoms with van der Waals surface area (Å²) in [5.74, 6) is 5.07. The number of rotatable bonds is 4. The first-order valence-corrected chi connectivity index (χ1v) is 5.37. The maximum atomic E-state index is 5.07. The van der Waals surface area contributed by atoms with Crippen LogP contribution >= 0.6 is 0 Å². The SMILES string of the molecule is NOCCc1ccccc1-c1ccccc1. The van der Waals surface area contributed by atoms with Gasteiger partial charge in [-0.15, -0.1) is 0 Å². The third kappa shape index (κ3) is 2.48. The molecule has 0 radical (unpaired) electrons. The second-order valence-corrected chi connectivity index (χ2v) is 3.64. The van der Waals surface area contributed by atoms with E-state index in [-0.39, 0.29) is 0 Å². The van der Waals surface area contributed by atoms with Gasteiger partial charge in [0.15, 0.2) is 0 Å². The van der Waals surface area contributed by atoms with E-state index in [1.165, 1.54) is 16.7 Å². The van der Waals surface area contributed by atoms with Crippen LogP contribution < -0.4 is 5.90 Å². The van der Waals surface area contributed by atoms with Gasteiger partial charge in [0.05, 0.1) is 6.61 Å². The molecule has 0 unspecified atom stereocenters. The summed E-state index contributed by atoms with van der Waals surface area (Å²) >= 11 is 0. The molecule has 2 nitrogen and oxygen atoms in total. The van der Waals surface area contributed by atoms with Gasteiger partial charge in [-0.05, 0) is 23.1 Å². The quantitative estimate of drug-likeness (QED) is 0.792. The first kappa shape index (κ1) is 10.9. The lowest BCUT2D eigenvalue weighted by atomic mass is 9.98. The van der Waals surface area contributed by atoms with Gasteiger partial charge in [-0.1, -0.05) is 54.6 Å². The summed E-state index contributed by atoms with van der Waals surface area (Å²) in [7, 11) is 0. The Labute approximate surface area is 95.6 Å². The summed E-state index contributed by atoms with van der Waals surface area (Å²) in [4.78, 5) is 4.64. The lowest BCUT2D eigenvalue weighted by molar-refractivity contribution is 0.141. The summed E-state index contributed by atoms with van der Waals surface area (Å²) in [5.41, 5.74) is 3.74. The van der Waals surface area contributed by atoms with E-state index in [1.54, 1.807) is 0 Å². The van der Waals surface area contributed by atoms with E-state index >= 15 is 0 Å². The van der Waals surface area contributed by atoms with E-state index in [4.69, 9.17) is 5.90 Å². The molecule has 82 valence electrons. The zero-order valence-electron chi connectivity index (χ0n) is 9.10. The van der Waals surface area contributed by atoms with Gasteiger partial charge in [0.1, 0.15) is 0 Å². The van der Waals surface area contributed by atoms with Crippen molar-refractivity contribution in [3.63, 3.8) is 0 Å². The smallest absolute Gasteiger partial charge is 0.0719 e. The van der Waals surface area contributed by atoms with Crippen molar-refractivity contribution in [3.05, 3.63) is 60.2 Å². The summed E-state index contributed by atoms with van der Waals surface area (Å²) in [6.07, 6.45) is 0.835. The molecule has 0 atom stereocenters. The molecule has 0 spiro atoms. The Bertz CT molecular complexity index is 439. The molecule has 2 aromatic carbocycles. The second-order valence-electron chi connectivity index (χ2n) is 3.64. The summed E-state index contributed by atoms with van der Waals surface area (Å²) in [6, 6.07) is 18.7. The minimum absolute atomic E-state index is 0.545. The molecule has 0 aliphatic rings. The molecule has 0 amide bonds.